The number of amides is 2. The molecule has 0 fully saturated rings. The molecule has 2 amide bonds. The van der Waals surface area contributed by atoms with Gasteiger partial charge in [-0.25, -0.2) is 4.79 Å². The molecule has 0 aliphatic rings. The van der Waals surface area contributed by atoms with Crippen LogP contribution in [-0.4, -0.2) is 32.3 Å². The molecule has 2 N–H and O–H groups in total. The molecular formula is C9H20N2O2. The van der Waals surface area contributed by atoms with E-state index < -0.39 is 0 Å². The Bertz CT molecular complexity index is 140. The summed E-state index contributed by atoms with van der Waals surface area (Å²) in [6, 6.07) is 0.0715. The number of ether oxygens (including phenoxy) is 1. The average Bonchev–Trinajstić information content (AvgIpc) is 2.11. The van der Waals surface area contributed by atoms with E-state index in [1.165, 1.54) is 0 Å². The third-order valence-electron chi connectivity index (χ3n) is 1.67. The van der Waals surface area contributed by atoms with E-state index in [2.05, 4.69) is 10.6 Å². The predicted molar refractivity (Wildman–Crippen MR) is 52.8 cm³/mol. The highest BCUT2D eigenvalue weighted by molar-refractivity contribution is 5.74. The standard InChI is InChI=1S/C9H20N2O2/c1-4-6-10-9(12)11-8(2)5-7-13-3/h8H,4-7H2,1-3H3,(H2,10,11,12). The lowest BCUT2D eigenvalue weighted by molar-refractivity contribution is 0.184. The molecule has 0 bridgehead atoms. The van der Waals surface area contributed by atoms with E-state index in [-0.39, 0.29) is 12.1 Å². The van der Waals surface area contributed by atoms with Crippen LogP contribution in [0.15, 0.2) is 0 Å². The van der Waals surface area contributed by atoms with Crippen molar-refractivity contribution in [2.24, 2.45) is 0 Å². The largest absolute Gasteiger partial charge is 0.385 e. The average molecular weight is 188 g/mol. The fraction of sp³-hybridized carbons (Fsp3) is 0.889. The van der Waals surface area contributed by atoms with E-state index in [1.54, 1.807) is 7.11 Å². The Morgan fingerprint density at radius 2 is 2.23 bits per heavy atom. The molecule has 0 aromatic heterocycles. The minimum Gasteiger partial charge on any atom is -0.385 e. The summed E-state index contributed by atoms with van der Waals surface area (Å²) >= 11 is 0. The molecule has 0 heterocycles. The Balaban J connectivity index is 3.41. The highest BCUT2D eigenvalue weighted by Crippen LogP contribution is 1.89. The number of nitrogens with one attached hydrogen (secondary N) is 2. The van der Waals surface area contributed by atoms with Crippen molar-refractivity contribution in [3.63, 3.8) is 0 Å². The van der Waals surface area contributed by atoms with Gasteiger partial charge in [0.1, 0.15) is 0 Å². The van der Waals surface area contributed by atoms with Gasteiger partial charge in [0.15, 0.2) is 0 Å². The predicted octanol–water partition coefficient (Wildman–Crippen LogP) is 1.12. The van der Waals surface area contributed by atoms with Crippen molar-refractivity contribution in [3.8, 4) is 0 Å². The Morgan fingerprint density at radius 1 is 1.54 bits per heavy atom. The Hall–Kier alpha value is -0.770. The molecule has 1 atom stereocenters. The van der Waals surface area contributed by atoms with Crippen molar-refractivity contribution < 1.29 is 9.53 Å². The number of urea groups is 1. The summed E-state index contributed by atoms with van der Waals surface area (Å²) < 4.78 is 4.90. The van der Waals surface area contributed by atoms with Gasteiger partial charge < -0.3 is 15.4 Å². The lowest BCUT2D eigenvalue weighted by Gasteiger charge is -2.13. The van der Waals surface area contributed by atoms with Crippen LogP contribution in [0.3, 0.4) is 0 Å². The van der Waals surface area contributed by atoms with E-state index >= 15 is 0 Å². The van der Waals surface area contributed by atoms with Gasteiger partial charge in [-0.15, -0.1) is 0 Å². The summed E-state index contributed by atoms with van der Waals surface area (Å²) in [5.74, 6) is 0. The van der Waals surface area contributed by atoms with E-state index in [9.17, 15) is 4.79 Å². The molecule has 78 valence electrons. The van der Waals surface area contributed by atoms with Crippen LogP contribution in [-0.2, 0) is 4.74 Å². The molecule has 13 heavy (non-hydrogen) atoms. The van der Waals surface area contributed by atoms with Crippen LogP contribution < -0.4 is 10.6 Å². The summed E-state index contributed by atoms with van der Waals surface area (Å²) in [6.45, 7) is 5.39. The molecule has 0 rings (SSSR count). The van der Waals surface area contributed by atoms with Crippen LogP contribution in [0.1, 0.15) is 26.7 Å². The zero-order valence-corrected chi connectivity index (χ0v) is 8.72. The molecule has 0 aromatic rings. The maximum absolute atomic E-state index is 11.1. The first-order chi connectivity index (χ1) is 6.20. The van der Waals surface area contributed by atoms with Crippen molar-refractivity contribution >= 4 is 6.03 Å². The number of hydrogen-bond acceptors (Lipinski definition) is 2. The van der Waals surface area contributed by atoms with Gasteiger partial charge >= 0.3 is 6.03 Å². The molecule has 0 saturated heterocycles. The van der Waals surface area contributed by atoms with E-state index in [0.29, 0.717) is 6.61 Å². The third-order valence-corrected chi connectivity index (χ3v) is 1.67. The topological polar surface area (TPSA) is 50.4 Å². The molecule has 0 aliphatic heterocycles. The number of carbonyl (C=O) groups excluding carboxylic acids is 1. The molecule has 0 radical (unpaired) electrons. The first kappa shape index (κ1) is 12.2. The molecular weight excluding hydrogens is 168 g/mol. The monoisotopic (exact) mass is 188 g/mol. The SMILES string of the molecule is CCCNC(=O)NC(C)CCOC. The zero-order chi connectivity index (χ0) is 10.1. The van der Waals surface area contributed by atoms with E-state index in [0.717, 1.165) is 19.4 Å². The Kier molecular flexibility index (Phi) is 7.39. The lowest BCUT2D eigenvalue weighted by Crippen LogP contribution is -2.41. The maximum Gasteiger partial charge on any atom is 0.314 e. The Labute approximate surface area is 80.0 Å². The van der Waals surface area contributed by atoms with Gasteiger partial charge in [0.05, 0.1) is 0 Å². The number of carbonyl (C=O) groups is 1. The molecule has 0 saturated carbocycles. The van der Waals surface area contributed by atoms with Gasteiger partial charge in [-0.3, -0.25) is 0 Å². The molecule has 0 spiro atoms. The smallest absolute Gasteiger partial charge is 0.314 e. The second kappa shape index (κ2) is 7.86. The molecule has 1 unspecified atom stereocenters. The molecule has 4 nitrogen and oxygen atoms in total. The van der Waals surface area contributed by atoms with Gasteiger partial charge in [0.2, 0.25) is 0 Å². The second-order valence-corrected chi connectivity index (χ2v) is 3.08. The number of methoxy groups -OCH3 is 1. The van der Waals surface area contributed by atoms with Crippen molar-refractivity contribution in [1.82, 2.24) is 10.6 Å². The normalized spacial score (nSPS) is 12.2. The van der Waals surface area contributed by atoms with Crippen molar-refractivity contribution in [3.05, 3.63) is 0 Å². The minimum absolute atomic E-state index is 0.0922. The highest BCUT2D eigenvalue weighted by Gasteiger charge is 2.04. The van der Waals surface area contributed by atoms with Crippen molar-refractivity contribution in [2.75, 3.05) is 20.3 Å². The molecule has 0 aromatic carbocycles. The van der Waals surface area contributed by atoms with Crippen molar-refractivity contribution in [2.45, 2.75) is 32.7 Å². The first-order valence-electron chi connectivity index (χ1n) is 4.74. The second-order valence-electron chi connectivity index (χ2n) is 3.08. The van der Waals surface area contributed by atoms with Gasteiger partial charge in [-0.1, -0.05) is 6.92 Å². The van der Waals surface area contributed by atoms with Gasteiger partial charge in [-0.2, -0.15) is 0 Å². The molecule has 4 heteroatoms. The highest BCUT2D eigenvalue weighted by atomic mass is 16.5. The number of rotatable bonds is 6. The fourth-order valence-electron chi connectivity index (χ4n) is 0.880. The van der Waals surface area contributed by atoms with E-state index in [1.807, 2.05) is 13.8 Å². The van der Waals surface area contributed by atoms with E-state index in [4.69, 9.17) is 4.74 Å². The van der Waals surface area contributed by atoms with Crippen LogP contribution >= 0.6 is 0 Å². The van der Waals surface area contributed by atoms with Gasteiger partial charge in [0.25, 0.3) is 0 Å². The molecule has 0 aliphatic carbocycles. The van der Waals surface area contributed by atoms with Crippen LogP contribution in [0, 0.1) is 0 Å². The first-order valence-corrected chi connectivity index (χ1v) is 4.74. The van der Waals surface area contributed by atoms with Gasteiger partial charge in [-0.05, 0) is 19.8 Å². The summed E-state index contributed by atoms with van der Waals surface area (Å²) in [7, 11) is 1.66. The van der Waals surface area contributed by atoms with Crippen molar-refractivity contribution in [1.29, 1.82) is 0 Å². The Morgan fingerprint density at radius 3 is 2.77 bits per heavy atom. The van der Waals surface area contributed by atoms with Crippen LogP contribution in [0.25, 0.3) is 0 Å². The summed E-state index contributed by atoms with van der Waals surface area (Å²) in [5, 5.41) is 5.57. The summed E-state index contributed by atoms with van der Waals surface area (Å²) in [5.41, 5.74) is 0. The summed E-state index contributed by atoms with van der Waals surface area (Å²) in [4.78, 5) is 11.1. The summed E-state index contributed by atoms with van der Waals surface area (Å²) in [6.07, 6.45) is 1.80. The van der Waals surface area contributed by atoms with Crippen LogP contribution in [0.4, 0.5) is 4.79 Å². The third kappa shape index (κ3) is 7.59. The van der Waals surface area contributed by atoms with Crippen LogP contribution in [0.2, 0.25) is 0 Å². The zero-order valence-electron chi connectivity index (χ0n) is 8.72. The maximum atomic E-state index is 11.1. The van der Waals surface area contributed by atoms with Crippen LogP contribution in [0.5, 0.6) is 0 Å². The fourth-order valence-corrected chi connectivity index (χ4v) is 0.880. The lowest BCUT2D eigenvalue weighted by atomic mass is 10.2. The van der Waals surface area contributed by atoms with Gasteiger partial charge in [0, 0.05) is 26.3 Å². The number of hydrogen-bond donors (Lipinski definition) is 2. The quantitative estimate of drug-likeness (QED) is 0.656. The minimum atomic E-state index is -0.0922.